The van der Waals surface area contributed by atoms with Gasteiger partial charge in [-0.15, -0.1) is 0 Å². The molecule has 3 rings (SSSR count). The van der Waals surface area contributed by atoms with Crippen LogP contribution in [0.25, 0.3) is 0 Å². The molecule has 0 aromatic heterocycles. The predicted molar refractivity (Wildman–Crippen MR) is 126 cm³/mol. The van der Waals surface area contributed by atoms with Crippen LogP contribution in [0, 0.1) is 0 Å². The van der Waals surface area contributed by atoms with Gasteiger partial charge in [-0.05, 0) is 30.0 Å². The Morgan fingerprint density at radius 3 is 2.15 bits per heavy atom. The second kappa shape index (κ2) is 10.0. The first-order valence-electron chi connectivity index (χ1n) is 10.9. The van der Waals surface area contributed by atoms with E-state index in [1.54, 1.807) is 19.1 Å². The molecule has 0 bridgehead atoms. The van der Waals surface area contributed by atoms with E-state index in [9.17, 15) is 14.4 Å². The van der Waals surface area contributed by atoms with Crippen molar-refractivity contribution in [1.29, 1.82) is 0 Å². The van der Waals surface area contributed by atoms with Crippen molar-refractivity contribution in [2.45, 2.75) is 38.8 Å². The molecule has 1 saturated heterocycles. The highest BCUT2D eigenvalue weighted by molar-refractivity contribution is 6.09. The average Bonchev–Trinajstić information content (AvgIpc) is 3.05. The lowest BCUT2D eigenvalue weighted by Crippen LogP contribution is -2.43. The monoisotopic (exact) mass is 469 g/mol. The lowest BCUT2D eigenvalue weighted by Gasteiger charge is -2.23. The SMILES string of the molecule is COc1cc(OC)c(OC)cc1CNC(=O)CN1C(=O)N[C@@](C)(c2ccc(C(C)C)cc2)C1=O. The van der Waals surface area contributed by atoms with Gasteiger partial charge in [-0.2, -0.15) is 0 Å². The Bertz CT molecular complexity index is 1080. The number of imide groups is 1. The quantitative estimate of drug-likeness (QED) is 0.547. The van der Waals surface area contributed by atoms with Gasteiger partial charge in [-0.1, -0.05) is 38.1 Å². The summed E-state index contributed by atoms with van der Waals surface area (Å²) in [6, 6.07) is 10.3. The first-order valence-corrected chi connectivity index (χ1v) is 10.9. The number of hydrogen-bond acceptors (Lipinski definition) is 6. The van der Waals surface area contributed by atoms with Crippen molar-refractivity contribution >= 4 is 17.8 Å². The molecule has 1 heterocycles. The molecular weight excluding hydrogens is 438 g/mol. The van der Waals surface area contributed by atoms with Gasteiger partial charge >= 0.3 is 6.03 Å². The number of benzene rings is 2. The van der Waals surface area contributed by atoms with Gasteiger partial charge in [-0.3, -0.25) is 14.5 Å². The van der Waals surface area contributed by atoms with Crippen LogP contribution < -0.4 is 24.8 Å². The highest BCUT2D eigenvalue weighted by Crippen LogP contribution is 2.34. The molecule has 2 aromatic rings. The summed E-state index contributed by atoms with van der Waals surface area (Å²) in [5.41, 5.74) is 1.21. The normalized spacial score (nSPS) is 17.6. The van der Waals surface area contributed by atoms with Gasteiger partial charge in [0.1, 0.15) is 17.8 Å². The Labute approximate surface area is 199 Å². The molecule has 0 unspecified atom stereocenters. The summed E-state index contributed by atoms with van der Waals surface area (Å²) in [5.74, 6) is 0.870. The van der Waals surface area contributed by atoms with Crippen molar-refractivity contribution in [2.75, 3.05) is 27.9 Å². The molecule has 1 atom stereocenters. The van der Waals surface area contributed by atoms with E-state index in [4.69, 9.17) is 14.2 Å². The highest BCUT2D eigenvalue weighted by atomic mass is 16.5. The molecule has 1 aliphatic heterocycles. The largest absolute Gasteiger partial charge is 0.496 e. The molecule has 1 aliphatic rings. The average molecular weight is 470 g/mol. The number of nitrogens with one attached hydrogen (secondary N) is 2. The minimum absolute atomic E-state index is 0.111. The van der Waals surface area contributed by atoms with Crippen molar-refractivity contribution in [3.8, 4) is 17.2 Å². The smallest absolute Gasteiger partial charge is 0.325 e. The second-order valence-electron chi connectivity index (χ2n) is 8.52. The Kier molecular flexibility index (Phi) is 7.34. The van der Waals surface area contributed by atoms with Gasteiger partial charge in [0.05, 0.1) is 21.3 Å². The third-order valence-electron chi connectivity index (χ3n) is 5.99. The Hall–Kier alpha value is -3.75. The number of hydrogen-bond donors (Lipinski definition) is 2. The fourth-order valence-electron chi connectivity index (χ4n) is 3.86. The molecule has 2 aromatic carbocycles. The summed E-state index contributed by atoms with van der Waals surface area (Å²) >= 11 is 0. The zero-order valence-corrected chi connectivity index (χ0v) is 20.4. The molecule has 2 N–H and O–H groups in total. The summed E-state index contributed by atoms with van der Waals surface area (Å²) in [5, 5.41) is 5.46. The summed E-state index contributed by atoms with van der Waals surface area (Å²) < 4.78 is 15.9. The molecule has 0 spiro atoms. The van der Waals surface area contributed by atoms with Crippen molar-refractivity contribution in [2.24, 2.45) is 0 Å². The van der Waals surface area contributed by atoms with Gasteiger partial charge in [0.15, 0.2) is 11.5 Å². The van der Waals surface area contributed by atoms with E-state index in [1.807, 2.05) is 24.3 Å². The van der Waals surface area contributed by atoms with Crippen LogP contribution in [-0.2, 0) is 21.7 Å². The molecule has 1 fully saturated rings. The van der Waals surface area contributed by atoms with Crippen LogP contribution in [-0.4, -0.2) is 50.6 Å². The molecule has 34 heavy (non-hydrogen) atoms. The van der Waals surface area contributed by atoms with E-state index in [0.29, 0.717) is 34.3 Å². The molecule has 9 heteroatoms. The van der Waals surface area contributed by atoms with Crippen molar-refractivity contribution in [3.63, 3.8) is 0 Å². The fraction of sp³-hybridized carbons (Fsp3) is 0.400. The minimum atomic E-state index is -1.24. The maximum absolute atomic E-state index is 13.1. The Morgan fingerprint density at radius 1 is 1.00 bits per heavy atom. The minimum Gasteiger partial charge on any atom is -0.496 e. The van der Waals surface area contributed by atoms with Crippen molar-refractivity contribution < 1.29 is 28.6 Å². The number of ether oxygens (including phenoxy) is 3. The molecule has 9 nitrogen and oxygen atoms in total. The number of carbonyl (C=O) groups excluding carboxylic acids is 3. The van der Waals surface area contributed by atoms with E-state index in [0.717, 1.165) is 10.5 Å². The number of carbonyl (C=O) groups is 3. The van der Waals surface area contributed by atoms with Crippen LogP contribution in [0.3, 0.4) is 0 Å². The van der Waals surface area contributed by atoms with Crippen LogP contribution in [0.4, 0.5) is 4.79 Å². The van der Waals surface area contributed by atoms with Gasteiger partial charge < -0.3 is 24.8 Å². The Balaban J connectivity index is 1.70. The lowest BCUT2D eigenvalue weighted by atomic mass is 9.90. The zero-order chi connectivity index (χ0) is 25.0. The maximum Gasteiger partial charge on any atom is 0.325 e. The number of rotatable bonds is 9. The summed E-state index contributed by atoms with van der Waals surface area (Å²) in [7, 11) is 4.54. The van der Waals surface area contributed by atoms with E-state index < -0.39 is 29.9 Å². The van der Waals surface area contributed by atoms with Crippen LogP contribution in [0.15, 0.2) is 36.4 Å². The summed E-state index contributed by atoms with van der Waals surface area (Å²) in [6.45, 7) is 5.51. The fourth-order valence-corrected chi connectivity index (χ4v) is 3.86. The van der Waals surface area contributed by atoms with Gasteiger partial charge in [0.2, 0.25) is 5.91 Å². The first kappa shape index (κ1) is 24.9. The standard InChI is InChI=1S/C25H31N3O6/c1-15(2)16-7-9-18(10-8-16)25(3)23(30)28(24(31)27-25)14-22(29)26-13-17-11-20(33-5)21(34-6)12-19(17)32-4/h7-12,15H,13-14H2,1-6H3,(H,26,29)(H,27,31)/t25-/m0/s1. The summed E-state index contributed by atoms with van der Waals surface area (Å²) in [4.78, 5) is 39.3. The zero-order valence-electron chi connectivity index (χ0n) is 20.4. The van der Waals surface area contributed by atoms with Crippen molar-refractivity contribution in [3.05, 3.63) is 53.1 Å². The second-order valence-corrected chi connectivity index (χ2v) is 8.52. The molecule has 0 radical (unpaired) electrons. The third kappa shape index (κ3) is 4.78. The first-order chi connectivity index (χ1) is 16.1. The van der Waals surface area contributed by atoms with Crippen LogP contribution in [0.1, 0.15) is 43.4 Å². The number of amides is 4. The summed E-state index contributed by atoms with van der Waals surface area (Å²) in [6.07, 6.45) is 0. The topological polar surface area (TPSA) is 106 Å². The van der Waals surface area contributed by atoms with E-state index in [1.165, 1.54) is 21.3 Å². The van der Waals surface area contributed by atoms with Crippen LogP contribution in [0.5, 0.6) is 17.2 Å². The number of nitrogens with zero attached hydrogens (tertiary/aromatic N) is 1. The van der Waals surface area contributed by atoms with E-state index >= 15 is 0 Å². The third-order valence-corrected chi connectivity index (χ3v) is 5.99. The van der Waals surface area contributed by atoms with Crippen LogP contribution in [0.2, 0.25) is 0 Å². The van der Waals surface area contributed by atoms with Crippen molar-refractivity contribution in [1.82, 2.24) is 15.5 Å². The molecule has 4 amide bonds. The van der Waals surface area contributed by atoms with Crippen LogP contribution >= 0.6 is 0 Å². The predicted octanol–water partition coefficient (Wildman–Crippen LogP) is 2.92. The molecular formula is C25H31N3O6. The molecule has 0 saturated carbocycles. The van der Waals surface area contributed by atoms with Gasteiger partial charge in [0.25, 0.3) is 5.91 Å². The molecule has 0 aliphatic carbocycles. The maximum atomic E-state index is 13.1. The number of urea groups is 1. The Morgan fingerprint density at radius 2 is 1.59 bits per heavy atom. The number of methoxy groups -OCH3 is 3. The highest BCUT2D eigenvalue weighted by Gasteiger charge is 2.49. The van der Waals surface area contributed by atoms with Gasteiger partial charge in [-0.25, -0.2) is 4.79 Å². The van der Waals surface area contributed by atoms with E-state index in [-0.39, 0.29) is 6.54 Å². The van der Waals surface area contributed by atoms with Gasteiger partial charge in [0, 0.05) is 18.2 Å². The van der Waals surface area contributed by atoms with E-state index in [2.05, 4.69) is 24.5 Å². The lowest BCUT2D eigenvalue weighted by molar-refractivity contribution is -0.134. The molecule has 182 valence electrons.